The molecule has 1 atom stereocenters. The Morgan fingerprint density at radius 3 is 2.76 bits per heavy atom. The molecule has 6 heteroatoms. The van der Waals surface area contributed by atoms with Gasteiger partial charge in [0.25, 0.3) is 5.72 Å². The number of hydrogen-bond acceptors (Lipinski definition) is 3. The van der Waals surface area contributed by atoms with Gasteiger partial charge in [0.15, 0.2) is 6.54 Å². The highest BCUT2D eigenvalue weighted by molar-refractivity contribution is 8.13. The lowest BCUT2D eigenvalue weighted by Gasteiger charge is -2.24. The number of rotatable bonds is 2. The first-order valence-electron chi connectivity index (χ1n) is 8.29. The van der Waals surface area contributed by atoms with E-state index in [0.29, 0.717) is 17.1 Å². The molecule has 3 nitrogen and oxygen atoms in total. The number of amidine groups is 1. The third-order valence-electron chi connectivity index (χ3n) is 4.88. The molecule has 1 N–H and O–H groups in total. The van der Waals surface area contributed by atoms with E-state index in [-0.39, 0.29) is 5.82 Å². The van der Waals surface area contributed by atoms with E-state index in [2.05, 4.69) is 4.90 Å². The molecule has 2 heterocycles. The molecule has 0 saturated carbocycles. The van der Waals surface area contributed by atoms with Crippen molar-refractivity contribution in [3.05, 3.63) is 64.4 Å². The second-order valence-corrected chi connectivity index (χ2v) is 7.90. The van der Waals surface area contributed by atoms with E-state index in [0.717, 1.165) is 35.1 Å². The van der Waals surface area contributed by atoms with Gasteiger partial charge in [-0.05, 0) is 61.5 Å². The quantitative estimate of drug-likeness (QED) is 0.802. The molecule has 0 amide bonds. The zero-order valence-electron chi connectivity index (χ0n) is 13.9. The van der Waals surface area contributed by atoms with E-state index >= 15 is 0 Å². The lowest BCUT2D eigenvalue weighted by molar-refractivity contribution is -0.656. The van der Waals surface area contributed by atoms with Gasteiger partial charge in [-0.15, -0.1) is 0 Å². The summed E-state index contributed by atoms with van der Waals surface area (Å²) in [4.78, 5) is 2.13. The van der Waals surface area contributed by atoms with Crippen LogP contribution >= 0.6 is 23.4 Å². The normalized spacial score (nSPS) is 23.1. The highest BCUT2D eigenvalue weighted by atomic mass is 35.5. The van der Waals surface area contributed by atoms with Gasteiger partial charge in [-0.1, -0.05) is 17.7 Å². The number of β-amino-alcohol motifs (C(OH)–C–C–N with tert-alkyl or cyclic N) is 1. The maximum Gasteiger partial charge on any atom is 0.316 e. The molecule has 0 fully saturated rings. The topological polar surface area (TPSA) is 26.5 Å². The molecule has 0 saturated heterocycles. The summed E-state index contributed by atoms with van der Waals surface area (Å²) >= 11 is 8.06. The average Bonchev–Trinajstić information content (AvgIpc) is 2.92. The molecular weight excluding hydrogens is 359 g/mol. The van der Waals surface area contributed by atoms with Crippen molar-refractivity contribution in [3.8, 4) is 0 Å². The first-order valence-corrected chi connectivity index (χ1v) is 9.65. The van der Waals surface area contributed by atoms with Crippen LogP contribution in [-0.4, -0.2) is 33.7 Å². The zero-order valence-corrected chi connectivity index (χ0v) is 15.4. The van der Waals surface area contributed by atoms with Gasteiger partial charge in [-0.25, -0.2) is 13.9 Å². The second kappa shape index (κ2) is 6.31. The van der Waals surface area contributed by atoms with E-state index in [1.807, 2.05) is 29.7 Å². The van der Waals surface area contributed by atoms with Gasteiger partial charge in [-0.3, -0.25) is 0 Å². The maximum atomic E-state index is 13.3. The predicted molar refractivity (Wildman–Crippen MR) is 101 cm³/mol. The monoisotopic (exact) mass is 377 g/mol. The standard InChI is InChI=1S/C19H19ClFN2OS/c1-13-16(20)4-2-5-17(13)22-12-19(24,14-6-8-15(21)9-7-14)23-10-3-11-25-18(22)23/h2,4-9,24H,3,10-12H2,1H3/q+1. The maximum absolute atomic E-state index is 13.3. The molecule has 0 aromatic heterocycles. The van der Waals surface area contributed by atoms with Gasteiger partial charge in [0.1, 0.15) is 11.5 Å². The van der Waals surface area contributed by atoms with Crippen molar-refractivity contribution in [3.63, 3.8) is 0 Å². The van der Waals surface area contributed by atoms with Crippen LogP contribution in [0, 0.1) is 12.7 Å². The van der Waals surface area contributed by atoms with E-state index in [9.17, 15) is 9.50 Å². The van der Waals surface area contributed by atoms with Crippen molar-refractivity contribution in [1.29, 1.82) is 0 Å². The Hall–Kier alpha value is -1.56. The summed E-state index contributed by atoms with van der Waals surface area (Å²) in [5.74, 6) is 0.714. The van der Waals surface area contributed by atoms with Crippen LogP contribution < -0.4 is 4.90 Å². The largest absolute Gasteiger partial charge is 0.346 e. The first-order chi connectivity index (χ1) is 12.0. The molecule has 2 aliphatic heterocycles. The molecule has 0 radical (unpaired) electrons. The summed E-state index contributed by atoms with van der Waals surface area (Å²) in [6.45, 7) is 3.15. The Bertz CT molecular complexity index is 855. The minimum atomic E-state index is -1.18. The highest BCUT2D eigenvalue weighted by Crippen LogP contribution is 2.39. The highest BCUT2D eigenvalue weighted by Gasteiger charge is 2.53. The van der Waals surface area contributed by atoms with Gasteiger partial charge in [0, 0.05) is 21.9 Å². The molecule has 130 valence electrons. The van der Waals surface area contributed by atoms with Crippen molar-refractivity contribution >= 4 is 34.2 Å². The van der Waals surface area contributed by atoms with Crippen LogP contribution in [0.1, 0.15) is 17.5 Å². The van der Waals surface area contributed by atoms with Crippen molar-refractivity contribution < 1.29 is 14.1 Å². The van der Waals surface area contributed by atoms with Crippen LogP contribution in [0.3, 0.4) is 0 Å². The van der Waals surface area contributed by atoms with Gasteiger partial charge in [-0.2, -0.15) is 0 Å². The van der Waals surface area contributed by atoms with Gasteiger partial charge in [0.05, 0.1) is 6.54 Å². The summed E-state index contributed by atoms with van der Waals surface area (Å²) in [6, 6.07) is 12.0. The van der Waals surface area contributed by atoms with Crippen molar-refractivity contribution in [2.45, 2.75) is 19.1 Å². The molecular formula is C19H19ClFN2OS+. The second-order valence-electron chi connectivity index (χ2n) is 6.43. The molecule has 0 bridgehead atoms. The SMILES string of the molecule is Cc1c(Cl)cccc1N1CC(O)(c2ccc(F)cc2)[N+]2=C1SCCC2. The lowest BCUT2D eigenvalue weighted by atomic mass is 10.0. The van der Waals surface area contributed by atoms with Crippen LogP contribution in [0.4, 0.5) is 10.1 Å². The zero-order chi connectivity index (χ0) is 17.6. The number of thioether (sulfide) groups is 1. The summed E-state index contributed by atoms with van der Waals surface area (Å²) < 4.78 is 15.4. The van der Waals surface area contributed by atoms with Crippen LogP contribution in [0.5, 0.6) is 0 Å². The summed E-state index contributed by atoms with van der Waals surface area (Å²) in [5.41, 5.74) is 1.52. The number of aliphatic hydroxyl groups is 1. The lowest BCUT2D eigenvalue weighted by Crippen LogP contribution is -2.41. The Kier molecular flexibility index (Phi) is 4.26. The molecule has 0 aliphatic carbocycles. The minimum absolute atomic E-state index is 0.301. The average molecular weight is 378 g/mol. The fourth-order valence-corrected chi connectivity index (χ4v) is 4.88. The van der Waals surface area contributed by atoms with Crippen LogP contribution in [-0.2, 0) is 5.72 Å². The van der Waals surface area contributed by atoms with Gasteiger partial charge < -0.3 is 5.11 Å². The fraction of sp³-hybridized carbons (Fsp3) is 0.316. The molecule has 4 rings (SSSR count). The van der Waals surface area contributed by atoms with E-state index < -0.39 is 5.72 Å². The van der Waals surface area contributed by atoms with E-state index in [1.165, 1.54) is 12.1 Å². The number of anilines is 1. The Morgan fingerprint density at radius 1 is 1.24 bits per heavy atom. The van der Waals surface area contributed by atoms with E-state index in [1.54, 1.807) is 23.9 Å². The Morgan fingerprint density at radius 2 is 2.00 bits per heavy atom. The third kappa shape index (κ3) is 2.75. The molecule has 2 aromatic rings. The molecule has 1 unspecified atom stereocenters. The van der Waals surface area contributed by atoms with Crippen molar-refractivity contribution in [2.24, 2.45) is 0 Å². The molecule has 0 spiro atoms. The summed E-state index contributed by atoms with van der Waals surface area (Å²) in [7, 11) is 0. The van der Waals surface area contributed by atoms with E-state index in [4.69, 9.17) is 11.6 Å². The number of benzene rings is 2. The summed E-state index contributed by atoms with van der Waals surface area (Å²) in [6.07, 6.45) is 1.00. The molecule has 25 heavy (non-hydrogen) atoms. The fourth-order valence-electron chi connectivity index (χ4n) is 3.54. The number of hydrogen-bond donors (Lipinski definition) is 1. The van der Waals surface area contributed by atoms with Crippen LogP contribution in [0.25, 0.3) is 0 Å². The van der Waals surface area contributed by atoms with Gasteiger partial charge in [0.2, 0.25) is 0 Å². The third-order valence-corrected chi connectivity index (χ3v) is 6.48. The van der Waals surface area contributed by atoms with Crippen molar-refractivity contribution in [2.75, 3.05) is 23.7 Å². The number of halogens is 2. The first kappa shape index (κ1) is 16.9. The van der Waals surface area contributed by atoms with Crippen LogP contribution in [0.15, 0.2) is 42.5 Å². The minimum Gasteiger partial charge on any atom is -0.346 e. The number of nitrogens with zero attached hydrogens (tertiary/aromatic N) is 2. The molecule has 2 aromatic carbocycles. The summed E-state index contributed by atoms with van der Waals surface area (Å²) in [5, 5.41) is 13.3. The van der Waals surface area contributed by atoms with Crippen LogP contribution in [0.2, 0.25) is 5.02 Å². The Balaban J connectivity index is 1.83. The molecule has 2 aliphatic rings. The predicted octanol–water partition coefficient (Wildman–Crippen LogP) is 3.96. The Labute approximate surface area is 155 Å². The van der Waals surface area contributed by atoms with Crippen molar-refractivity contribution in [1.82, 2.24) is 0 Å². The smallest absolute Gasteiger partial charge is 0.316 e. The van der Waals surface area contributed by atoms with Gasteiger partial charge >= 0.3 is 5.17 Å².